The normalized spacial score (nSPS) is 21.5. The third kappa shape index (κ3) is 3.19. The highest BCUT2D eigenvalue weighted by Crippen LogP contribution is 2.31. The summed E-state index contributed by atoms with van der Waals surface area (Å²) in [4.78, 5) is 14.5. The van der Waals surface area contributed by atoms with Crippen LogP contribution in [-0.2, 0) is 0 Å². The van der Waals surface area contributed by atoms with Crippen LogP contribution in [0.1, 0.15) is 23.7 Å². The Balaban J connectivity index is 0.00000200. The fourth-order valence-electron chi connectivity index (χ4n) is 2.62. The Bertz CT molecular complexity index is 482. The van der Waals surface area contributed by atoms with Crippen molar-refractivity contribution in [2.45, 2.75) is 19.4 Å². The average molecular weight is 319 g/mol. The Kier molecular flexibility index (Phi) is 6.11. The van der Waals surface area contributed by atoms with Crippen LogP contribution < -0.4 is 10.5 Å². The van der Waals surface area contributed by atoms with Crippen molar-refractivity contribution in [3.8, 4) is 5.75 Å². The largest absolute Gasteiger partial charge is 0.496 e. The number of ether oxygens (including phenoxy) is 1. The lowest BCUT2D eigenvalue weighted by atomic mass is 10.1. The molecule has 1 fully saturated rings. The second-order valence-electron chi connectivity index (χ2n) is 4.96. The molecule has 1 aromatic carbocycles. The van der Waals surface area contributed by atoms with Gasteiger partial charge in [-0.25, -0.2) is 0 Å². The fraction of sp³-hybridized carbons (Fsp3) is 0.500. The van der Waals surface area contributed by atoms with Gasteiger partial charge in [0.05, 0.1) is 12.1 Å². The molecule has 1 saturated heterocycles. The van der Waals surface area contributed by atoms with Gasteiger partial charge in [-0.1, -0.05) is 17.7 Å². The van der Waals surface area contributed by atoms with E-state index in [0.29, 0.717) is 35.3 Å². The maximum Gasteiger partial charge on any atom is 0.259 e. The molecule has 2 atom stereocenters. The van der Waals surface area contributed by atoms with Gasteiger partial charge in [0, 0.05) is 12.6 Å². The van der Waals surface area contributed by atoms with Crippen LogP contribution in [0, 0.1) is 5.92 Å². The topological polar surface area (TPSA) is 55.6 Å². The number of carbonyl (C=O) groups is 1. The Morgan fingerprint density at radius 2 is 2.25 bits per heavy atom. The highest BCUT2D eigenvalue weighted by Gasteiger charge is 2.34. The van der Waals surface area contributed by atoms with Gasteiger partial charge in [0.15, 0.2) is 0 Å². The van der Waals surface area contributed by atoms with E-state index < -0.39 is 0 Å². The molecule has 1 aliphatic rings. The summed E-state index contributed by atoms with van der Waals surface area (Å²) in [7, 11) is 1.54. The minimum Gasteiger partial charge on any atom is -0.496 e. The zero-order chi connectivity index (χ0) is 14.0. The zero-order valence-corrected chi connectivity index (χ0v) is 13.2. The quantitative estimate of drug-likeness (QED) is 0.932. The Morgan fingerprint density at radius 1 is 1.55 bits per heavy atom. The van der Waals surface area contributed by atoms with Crippen molar-refractivity contribution in [1.29, 1.82) is 0 Å². The number of nitrogens with zero attached hydrogens (tertiary/aromatic N) is 1. The summed E-state index contributed by atoms with van der Waals surface area (Å²) in [6, 6.07) is 5.41. The van der Waals surface area contributed by atoms with Gasteiger partial charge in [-0.05, 0) is 37.9 Å². The summed E-state index contributed by atoms with van der Waals surface area (Å²) in [6.45, 7) is 3.33. The number of carbonyl (C=O) groups excluding carboxylic acids is 1. The molecular weight excluding hydrogens is 299 g/mol. The smallest absolute Gasteiger partial charge is 0.259 e. The molecule has 2 N–H and O–H groups in total. The van der Waals surface area contributed by atoms with Gasteiger partial charge in [-0.3, -0.25) is 4.79 Å². The van der Waals surface area contributed by atoms with Gasteiger partial charge in [0.1, 0.15) is 11.3 Å². The predicted octanol–water partition coefficient (Wildman–Crippen LogP) is 2.58. The minimum absolute atomic E-state index is 0. The van der Waals surface area contributed by atoms with Crippen LogP contribution in [-0.4, -0.2) is 37.0 Å². The van der Waals surface area contributed by atoms with Crippen molar-refractivity contribution >= 4 is 29.9 Å². The molecule has 112 valence electrons. The summed E-state index contributed by atoms with van der Waals surface area (Å²) in [5, 5.41) is 0.424. The first-order valence-electron chi connectivity index (χ1n) is 6.42. The SMILES string of the molecule is COc1cccc(Cl)c1C(=O)N1CC(CN)CC1C.Cl. The highest BCUT2D eigenvalue weighted by atomic mass is 35.5. The van der Waals surface area contributed by atoms with Crippen LogP contribution in [0.15, 0.2) is 18.2 Å². The van der Waals surface area contributed by atoms with Crippen LogP contribution in [0.2, 0.25) is 5.02 Å². The van der Waals surface area contributed by atoms with Crippen LogP contribution in [0.25, 0.3) is 0 Å². The maximum atomic E-state index is 12.6. The summed E-state index contributed by atoms with van der Waals surface area (Å²) in [5.41, 5.74) is 6.14. The van der Waals surface area contributed by atoms with Crippen molar-refractivity contribution in [1.82, 2.24) is 4.90 Å². The van der Waals surface area contributed by atoms with Gasteiger partial charge in [0.25, 0.3) is 5.91 Å². The molecule has 0 radical (unpaired) electrons. The van der Waals surface area contributed by atoms with Gasteiger partial charge < -0.3 is 15.4 Å². The maximum absolute atomic E-state index is 12.6. The van der Waals surface area contributed by atoms with Crippen molar-refractivity contribution < 1.29 is 9.53 Å². The van der Waals surface area contributed by atoms with E-state index in [2.05, 4.69) is 0 Å². The predicted molar refractivity (Wildman–Crippen MR) is 82.9 cm³/mol. The van der Waals surface area contributed by atoms with Gasteiger partial charge >= 0.3 is 0 Å². The monoisotopic (exact) mass is 318 g/mol. The first kappa shape index (κ1) is 17.1. The van der Waals surface area contributed by atoms with Gasteiger partial charge in [-0.2, -0.15) is 0 Å². The van der Waals surface area contributed by atoms with Crippen molar-refractivity contribution in [2.75, 3.05) is 20.2 Å². The summed E-state index contributed by atoms with van der Waals surface area (Å²) in [5.74, 6) is 0.805. The zero-order valence-electron chi connectivity index (χ0n) is 11.6. The Labute approximate surface area is 130 Å². The van der Waals surface area contributed by atoms with E-state index in [1.165, 1.54) is 0 Å². The number of nitrogens with two attached hydrogens (primary N) is 1. The van der Waals surface area contributed by atoms with Crippen molar-refractivity contribution in [2.24, 2.45) is 11.7 Å². The van der Waals surface area contributed by atoms with Crippen LogP contribution in [0.3, 0.4) is 0 Å². The number of halogens is 2. The first-order valence-corrected chi connectivity index (χ1v) is 6.79. The Hall–Kier alpha value is -0.970. The third-order valence-corrected chi connectivity index (χ3v) is 3.98. The molecule has 0 aromatic heterocycles. The molecule has 0 bridgehead atoms. The number of hydrogen-bond donors (Lipinski definition) is 1. The van der Waals surface area contributed by atoms with Gasteiger partial charge in [0.2, 0.25) is 0 Å². The number of amides is 1. The molecule has 0 spiro atoms. The summed E-state index contributed by atoms with van der Waals surface area (Å²) in [6.07, 6.45) is 0.939. The molecule has 1 aromatic rings. The molecule has 0 aliphatic carbocycles. The van der Waals surface area contributed by atoms with E-state index >= 15 is 0 Å². The highest BCUT2D eigenvalue weighted by molar-refractivity contribution is 6.34. The van der Waals surface area contributed by atoms with Gasteiger partial charge in [-0.15, -0.1) is 12.4 Å². The number of benzene rings is 1. The van der Waals surface area contributed by atoms with Crippen LogP contribution in [0.4, 0.5) is 0 Å². The van der Waals surface area contributed by atoms with E-state index in [1.54, 1.807) is 25.3 Å². The molecule has 2 rings (SSSR count). The molecule has 0 saturated carbocycles. The molecular formula is C14H20Cl2N2O2. The van der Waals surface area contributed by atoms with E-state index in [0.717, 1.165) is 6.42 Å². The molecule has 4 nitrogen and oxygen atoms in total. The molecule has 6 heteroatoms. The van der Waals surface area contributed by atoms with E-state index in [4.69, 9.17) is 22.1 Å². The first-order chi connectivity index (χ1) is 9.08. The molecule has 1 amide bonds. The second kappa shape index (κ2) is 7.16. The standard InChI is InChI=1S/C14H19ClN2O2.ClH/c1-9-6-10(7-16)8-17(9)14(18)13-11(15)4-3-5-12(13)19-2;/h3-5,9-10H,6-8,16H2,1-2H3;1H. The Morgan fingerprint density at radius 3 is 2.80 bits per heavy atom. The molecule has 1 heterocycles. The number of rotatable bonds is 3. The van der Waals surface area contributed by atoms with Crippen LogP contribution >= 0.6 is 24.0 Å². The molecule has 2 unspecified atom stereocenters. The lowest BCUT2D eigenvalue weighted by Crippen LogP contribution is -2.34. The molecule has 1 aliphatic heterocycles. The number of hydrogen-bond acceptors (Lipinski definition) is 3. The number of likely N-dealkylation sites (tertiary alicyclic amines) is 1. The molecule has 20 heavy (non-hydrogen) atoms. The number of methoxy groups -OCH3 is 1. The second-order valence-corrected chi connectivity index (χ2v) is 5.37. The summed E-state index contributed by atoms with van der Waals surface area (Å²) < 4.78 is 5.24. The van der Waals surface area contributed by atoms with E-state index in [1.807, 2.05) is 11.8 Å². The van der Waals surface area contributed by atoms with Crippen molar-refractivity contribution in [3.63, 3.8) is 0 Å². The minimum atomic E-state index is -0.0779. The summed E-state index contributed by atoms with van der Waals surface area (Å²) >= 11 is 6.15. The fourth-order valence-corrected chi connectivity index (χ4v) is 2.87. The van der Waals surface area contributed by atoms with Crippen molar-refractivity contribution in [3.05, 3.63) is 28.8 Å². The third-order valence-electron chi connectivity index (χ3n) is 3.66. The average Bonchev–Trinajstić information content (AvgIpc) is 2.79. The van der Waals surface area contributed by atoms with E-state index in [-0.39, 0.29) is 24.4 Å². The van der Waals surface area contributed by atoms with Crippen LogP contribution in [0.5, 0.6) is 5.75 Å². The van der Waals surface area contributed by atoms with E-state index in [9.17, 15) is 4.79 Å². The lowest BCUT2D eigenvalue weighted by molar-refractivity contribution is 0.0740. The lowest BCUT2D eigenvalue weighted by Gasteiger charge is -2.23.